The van der Waals surface area contributed by atoms with Crippen LogP contribution >= 0.6 is 0 Å². The highest BCUT2D eigenvalue weighted by molar-refractivity contribution is 5.76. The molecule has 2 atom stereocenters. The van der Waals surface area contributed by atoms with Gasteiger partial charge in [0.1, 0.15) is 0 Å². The van der Waals surface area contributed by atoms with E-state index in [2.05, 4.69) is 0 Å². The number of benzene rings is 1. The third kappa shape index (κ3) is 4.32. The summed E-state index contributed by atoms with van der Waals surface area (Å²) in [6.45, 7) is 4.25. The molecule has 110 valence electrons. The lowest BCUT2D eigenvalue weighted by atomic mass is 10.0. The van der Waals surface area contributed by atoms with Crippen molar-refractivity contribution in [2.24, 2.45) is 5.73 Å². The number of ether oxygens (including phenoxy) is 1. The third-order valence-corrected chi connectivity index (χ3v) is 3.70. The van der Waals surface area contributed by atoms with E-state index in [4.69, 9.17) is 10.5 Å². The van der Waals surface area contributed by atoms with E-state index >= 15 is 0 Å². The smallest absolute Gasteiger partial charge is 0.222 e. The molecule has 0 aromatic heterocycles. The predicted molar refractivity (Wildman–Crippen MR) is 79.2 cm³/mol. The first-order valence-electron chi connectivity index (χ1n) is 7.36. The Hall–Kier alpha value is -1.39. The highest BCUT2D eigenvalue weighted by Crippen LogP contribution is 2.16. The Kier molecular flexibility index (Phi) is 5.56. The van der Waals surface area contributed by atoms with E-state index in [1.54, 1.807) is 0 Å². The maximum atomic E-state index is 12.2. The number of carbonyl (C=O) groups is 1. The molecule has 1 aliphatic heterocycles. The largest absolute Gasteiger partial charge is 0.377 e. The fourth-order valence-corrected chi connectivity index (χ4v) is 2.52. The molecule has 0 spiro atoms. The first kappa shape index (κ1) is 15.0. The van der Waals surface area contributed by atoms with Crippen LogP contribution in [0.1, 0.15) is 37.8 Å². The number of nitrogens with two attached hydrogens (primary N) is 1. The molecule has 2 N–H and O–H groups in total. The molecule has 0 radical (unpaired) electrons. The molecule has 4 heteroatoms. The van der Waals surface area contributed by atoms with Gasteiger partial charge in [0.2, 0.25) is 5.91 Å². The van der Waals surface area contributed by atoms with Crippen molar-refractivity contribution < 1.29 is 9.53 Å². The lowest BCUT2D eigenvalue weighted by molar-refractivity contribution is -0.132. The normalized spacial score (nSPS) is 21.3. The fraction of sp³-hybridized carbons (Fsp3) is 0.562. The van der Waals surface area contributed by atoms with Gasteiger partial charge in [-0.25, -0.2) is 0 Å². The number of hydrogen-bond acceptors (Lipinski definition) is 3. The summed E-state index contributed by atoms with van der Waals surface area (Å²) >= 11 is 0. The van der Waals surface area contributed by atoms with Crippen LogP contribution in [0.3, 0.4) is 0 Å². The Labute approximate surface area is 120 Å². The van der Waals surface area contributed by atoms with Gasteiger partial charge in [0.05, 0.1) is 6.10 Å². The molecule has 0 saturated carbocycles. The second-order valence-electron chi connectivity index (χ2n) is 5.43. The summed E-state index contributed by atoms with van der Waals surface area (Å²) in [6, 6.07) is 9.88. The summed E-state index contributed by atoms with van der Waals surface area (Å²) in [5.41, 5.74) is 7.23. The molecule has 0 aliphatic carbocycles. The van der Waals surface area contributed by atoms with Crippen LogP contribution in [0.4, 0.5) is 0 Å². The Morgan fingerprint density at radius 2 is 2.20 bits per heavy atom. The van der Waals surface area contributed by atoms with Crippen LogP contribution in [-0.4, -0.2) is 36.6 Å². The van der Waals surface area contributed by atoms with E-state index in [1.165, 1.54) is 0 Å². The van der Waals surface area contributed by atoms with Gasteiger partial charge in [-0.15, -0.1) is 0 Å². The minimum absolute atomic E-state index is 0.0687. The molecule has 0 bridgehead atoms. The van der Waals surface area contributed by atoms with Crippen molar-refractivity contribution in [1.29, 1.82) is 0 Å². The van der Waals surface area contributed by atoms with Crippen molar-refractivity contribution in [3.05, 3.63) is 35.9 Å². The first-order chi connectivity index (χ1) is 9.66. The Balaban J connectivity index is 1.82. The zero-order chi connectivity index (χ0) is 14.4. The monoisotopic (exact) mass is 276 g/mol. The Morgan fingerprint density at radius 3 is 2.95 bits per heavy atom. The molecule has 1 amide bonds. The number of hydrogen-bond donors (Lipinski definition) is 1. The van der Waals surface area contributed by atoms with Crippen LogP contribution in [0.2, 0.25) is 0 Å². The van der Waals surface area contributed by atoms with Gasteiger partial charge in [0.15, 0.2) is 0 Å². The summed E-state index contributed by atoms with van der Waals surface area (Å²) < 4.78 is 5.56. The third-order valence-electron chi connectivity index (χ3n) is 3.70. The number of amides is 1. The molecule has 1 aromatic rings. The molecule has 1 aliphatic rings. The van der Waals surface area contributed by atoms with Gasteiger partial charge in [-0.1, -0.05) is 30.3 Å². The van der Waals surface area contributed by atoms with Crippen molar-refractivity contribution >= 4 is 5.91 Å². The molecule has 1 aromatic carbocycles. The lowest BCUT2D eigenvalue weighted by Crippen LogP contribution is -2.36. The molecule has 1 heterocycles. The summed E-state index contributed by atoms with van der Waals surface area (Å²) in [5.74, 6) is 0.189. The topological polar surface area (TPSA) is 55.6 Å². The second kappa shape index (κ2) is 7.41. The Morgan fingerprint density at radius 1 is 1.45 bits per heavy atom. The molecule has 2 rings (SSSR count). The number of rotatable bonds is 4. The number of carbonyl (C=O) groups excluding carboxylic acids is 1. The van der Waals surface area contributed by atoms with Gasteiger partial charge < -0.3 is 15.4 Å². The van der Waals surface area contributed by atoms with Crippen LogP contribution in [0.15, 0.2) is 30.3 Å². The van der Waals surface area contributed by atoms with Gasteiger partial charge in [0, 0.05) is 32.2 Å². The lowest BCUT2D eigenvalue weighted by Gasteiger charge is -2.23. The van der Waals surface area contributed by atoms with Gasteiger partial charge in [-0.3, -0.25) is 4.79 Å². The summed E-state index contributed by atoms with van der Waals surface area (Å²) in [6.07, 6.45) is 2.24. The molecule has 1 saturated heterocycles. The molecule has 20 heavy (non-hydrogen) atoms. The minimum Gasteiger partial charge on any atom is -0.377 e. The average molecular weight is 276 g/mol. The molecule has 1 fully saturated rings. The quantitative estimate of drug-likeness (QED) is 0.916. The van der Waals surface area contributed by atoms with E-state index in [-0.39, 0.29) is 18.1 Å². The van der Waals surface area contributed by atoms with Crippen LogP contribution in [0.5, 0.6) is 0 Å². The van der Waals surface area contributed by atoms with E-state index < -0.39 is 0 Å². The highest BCUT2D eigenvalue weighted by Gasteiger charge is 2.20. The zero-order valence-electron chi connectivity index (χ0n) is 12.1. The predicted octanol–water partition coefficient (Wildman–Crippen LogP) is 2.10. The first-order valence-corrected chi connectivity index (χ1v) is 7.36. The zero-order valence-corrected chi connectivity index (χ0v) is 12.1. The van der Waals surface area contributed by atoms with E-state index in [1.807, 2.05) is 42.2 Å². The van der Waals surface area contributed by atoms with E-state index in [9.17, 15) is 4.79 Å². The minimum atomic E-state index is -0.0687. The molecular formula is C16H24N2O2. The van der Waals surface area contributed by atoms with Crippen molar-refractivity contribution in [2.45, 2.75) is 38.3 Å². The van der Waals surface area contributed by atoms with Crippen molar-refractivity contribution in [2.75, 3.05) is 19.7 Å². The summed E-state index contributed by atoms with van der Waals surface area (Å²) in [7, 11) is 0. The van der Waals surface area contributed by atoms with Crippen molar-refractivity contribution in [3.63, 3.8) is 0 Å². The van der Waals surface area contributed by atoms with E-state index in [0.29, 0.717) is 19.4 Å². The fourth-order valence-electron chi connectivity index (χ4n) is 2.52. The van der Waals surface area contributed by atoms with Crippen molar-refractivity contribution in [3.8, 4) is 0 Å². The standard InChI is InChI=1S/C16H24N2O2/c1-13-12-18(10-5-11-20-13)16(19)9-8-15(17)14-6-3-2-4-7-14/h2-4,6-7,13,15H,5,8-12,17H2,1H3. The van der Waals surface area contributed by atoms with Gasteiger partial charge in [0.25, 0.3) is 0 Å². The maximum absolute atomic E-state index is 12.2. The van der Waals surface area contributed by atoms with Crippen LogP contribution in [-0.2, 0) is 9.53 Å². The van der Waals surface area contributed by atoms with Gasteiger partial charge in [-0.05, 0) is 25.3 Å². The van der Waals surface area contributed by atoms with Crippen LogP contribution in [0, 0.1) is 0 Å². The SMILES string of the molecule is CC1CN(C(=O)CCC(N)c2ccccc2)CCCO1. The second-order valence-corrected chi connectivity index (χ2v) is 5.43. The summed E-state index contributed by atoms with van der Waals surface area (Å²) in [4.78, 5) is 14.2. The van der Waals surface area contributed by atoms with E-state index in [0.717, 1.165) is 25.1 Å². The molecule has 4 nitrogen and oxygen atoms in total. The molecular weight excluding hydrogens is 252 g/mol. The summed E-state index contributed by atoms with van der Waals surface area (Å²) in [5, 5.41) is 0. The highest BCUT2D eigenvalue weighted by atomic mass is 16.5. The Bertz CT molecular complexity index is 422. The van der Waals surface area contributed by atoms with Gasteiger partial charge in [-0.2, -0.15) is 0 Å². The number of nitrogens with zero attached hydrogens (tertiary/aromatic N) is 1. The van der Waals surface area contributed by atoms with Gasteiger partial charge >= 0.3 is 0 Å². The maximum Gasteiger partial charge on any atom is 0.222 e. The average Bonchev–Trinajstić information content (AvgIpc) is 2.70. The van der Waals surface area contributed by atoms with Crippen molar-refractivity contribution in [1.82, 2.24) is 4.90 Å². The van der Waals surface area contributed by atoms with Crippen LogP contribution in [0.25, 0.3) is 0 Å². The van der Waals surface area contributed by atoms with Crippen LogP contribution < -0.4 is 5.73 Å². The molecule has 2 unspecified atom stereocenters.